The van der Waals surface area contributed by atoms with E-state index in [1.807, 2.05) is 12.1 Å². The SMILES string of the molecule is CCCC1CCC(Nc2cc(Cl)cc(Cl)c2)CC1. The van der Waals surface area contributed by atoms with Crippen molar-refractivity contribution in [3.8, 4) is 0 Å². The lowest BCUT2D eigenvalue weighted by atomic mass is 9.83. The van der Waals surface area contributed by atoms with Gasteiger partial charge >= 0.3 is 0 Å². The number of benzene rings is 1. The summed E-state index contributed by atoms with van der Waals surface area (Å²) in [7, 11) is 0. The van der Waals surface area contributed by atoms with Crippen LogP contribution in [0.25, 0.3) is 0 Å². The Hall–Kier alpha value is -0.400. The molecule has 1 nitrogen and oxygen atoms in total. The van der Waals surface area contributed by atoms with Gasteiger partial charge in [0, 0.05) is 21.8 Å². The standard InChI is InChI=1S/C15H21Cl2N/c1-2-3-11-4-6-14(7-5-11)18-15-9-12(16)8-13(17)10-15/h8-11,14,18H,2-7H2,1H3. The lowest BCUT2D eigenvalue weighted by Gasteiger charge is -2.29. The molecule has 0 spiro atoms. The van der Waals surface area contributed by atoms with E-state index in [0.29, 0.717) is 16.1 Å². The van der Waals surface area contributed by atoms with Gasteiger partial charge in [-0.2, -0.15) is 0 Å². The van der Waals surface area contributed by atoms with E-state index >= 15 is 0 Å². The van der Waals surface area contributed by atoms with E-state index in [0.717, 1.165) is 11.6 Å². The predicted molar refractivity (Wildman–Crippen MR) is 80.7 cm³/mol. The van der Waals surface area contributed by atoms with Gasteiger partial charge in [-0.05, 0) is 49.8 Å². The van der Waals surface area contributed by atoms with Gasteiger partial charge in [0.1, 0.15) is 0 Å². The van der Waals surface area contributed by atoms with Crippen molar-refractivity contribution in [3.05, 3.63) is 28.2 Å². The van der Waals surface area contributed by atoms with Crippen molar-refractivity contribution in [1.29, 1.82) is 0 Å². The maximum Gasteiger partial charge on any atom is 0.0441 e. The van der Waals surface area contributed by atoms with Crippen LogP contribution in [0.4, 0.5) is 5.69 Å². The molecular formula is C15H21Cl2N. The summed E-state index contributed by atoms with van der Waals surface area (Å²) in [5, 5.41) is 4.95. The predicted octanol–water partition coefficient (Wildman–Crippen LogP) is 5.76. The highest BCUT2D eigenvalue weighted by Crippen LogP contribution is 2.30. The Morgan fingerprint density at radius 1 is 1.06 bits per heavy atom. The van der Waals surface area contributed by atoms with E-state index in [9.17, 15) is 0 Å². The fourth-order valence-electron chi connectivity index (χ4n) is 2.88. The maximum absolute atomic E-state index is 6.01. The Bertz CT molecular complexity index is 364. The normalized spacial score (nSPS) is 23.9. The van der Waals surface area contributed by atoms with Crippen LogP contribution in [0.5, 0.6) is 0 Å². The number of rotatable bonds is 4. The minimum atomic E-state index is 0.577. The molecule has 18 heavy (non-hydrogen) atoms. The van der Waals surface area contributed by atoms with Crippen molar-refractivity contribution in [2.75, 3.05) is 5.32 Å². The number of anilines is 1. The molecular weight excluding hydrogens is 265 g/mol. The van der Waals surface area contributed by atoms with Gasteiger partial charge in [0.2, 0.25) is 0 Å². The van der Waals surface area contributed by atoms with Crippen LogP contribution in [0, 0.1) is 5.92 Å². The maximum atomic E-state index is 6.01. The van der Waals surface area contributed by atoms with Crippen molar-refractivity contribution in [2.45, 2.75) is 51.5 Å². The molecule has 2 rings (SSSR count). The molecule has 0 aromatic heterocycles. The van der Waals surface area contributed by atoms with Crippen LogP contribution >= 0.6 is 23.2 Å². The molecule has 1 saturated carbocycles. The van der Waals surface area contributed by atoms with Crippen LogP contribution in [0.15, 0.2) is 18.2 Å². The Labute approximate surface area is 120 Å². The Morgan fingerprint density at radius 2 is 1.67 bits per heavy atom. The quantitative estimate of drug-likeness (QED) is 0.741. The van der Waals surface area contributed by atoms with Crippen LogP contribution in [0.1, 0.15) is 45.4 Å². The summed E-state index contributed by atoms with van der Waals surface area (Å²) in [6, 6.07) is 6.25. The fourth-order valence-corrected chi connectivity index (χ4v) is 3.40. The molecule has 0 unspecified atom stereocenters. The number of halogens is 2. The monoisotopic (exact) mass is 285 g/mol. The third-order valence-corrected chi connectivity index (χ3v) is 4.21. The van der Waals surface area contributed by atoms with Gasteiger partial charge < -0.3 is 5.32 Å². The third kappa shape index (κ3) is 4.07. The number of nitrogens with one attached hydrogen (secondary N) is 1. The zero-order chi connectivity index (χ0) is 13.0. The van der Waals surface area contributed by atoms with Gasteiger partial charge in [-0.15, -0.1) is 0 Å². The molecule has 3 heteroatoms. The van der Waals surface area contributed by atoms with Gasteiger partial charge in [0.25, 0.3) is 0 Å². The molecule has 1 fully saturated rings. The Balaban J connectivity index is 1.87. The van der Waals surface area contributed by atoms with Crippen molar-refractivity contribution in [1.82, 2.24) is 0 Å². The lowest BCUT2D eigenvalue weighted by molar-refractivity contribution is 0.319. The number of hydrogen-bond donors (Lipinski definition) is 1. The molecule has 0 radical (unpaired) electrons. The fraction of sp³-hybridized carbons (Fsp3) is 0.600. The zero-order valence-corrected chi connectivity index (χ0v) is 12.4. The van der Waals surface area contributed by atoms with Crippen molar-refractivity contribution < 1.29 is 0 Å². The van der Waals surface area contributed by atoms with Crippen molar-refractivity contribution in [3.63, 3.8) is 0 Å². The van der Waals surface area contributed by atoms with E-state index < -0.39 is 0 Å². The molecule has 0 atom stereocenters. The minimum absolute atomic E-state index is 0.577. The molecule has 1 aliphatic rings. The third-order valence-electron chi connectivity index (χ3n) is 3.78. The molecule has 1 N–H and O–H groups in total. The first kappa shape index (κ1) is 14.0. The second-order valence-corrected chi connectivity index (χ2v) is 6.18. The molecule has 0 amide bonds. The van der Waals surface area contributed by atoms with Crippen molar-refractivity contribution >= 4 is 28.9 Å². The smallest absolute Gasteiger partial charge is 0.0441 e. The second kappa shape index (κ2) is 6.68. The van der Waals surface area contributed by atoms with Gasteiger partial charge in [0.05, 0.1) is 0 Å². The summed E-state index contributed by atoms with van der Waals surface area (Å²) < 4.78 is 0. The summed E-state index contributed by atoms with van der Waals surface area (Å²) >= 11 is 12.0. The molecule has 100 valence electrons. The highest BCUT2D eigenvalue weighted by molar-refractivity contribution is 6.35. The van der Waals surface area contributed by atoms with E-state index in [1.54, 1.807) is 6.07 Å². The van der Waals surface area contributed by atoms with Gasteiger partial charge in [0.15, 0.2) is 0 Å². The Kier molecular flexibility index (Phi) is 5.20. The first-order chi connectivity index (χ1) is 8.67. The first-order valence-corrected chi connectivity index (χ1v) is 7.65. The van der Waals surface area contributed by atoms with E-state index in [-0.39, 0.29) is 0 Å². The van der Waals surface area contributed by atoms with Crippen LogP contribution in [0.2, 0.25) is 10.0 Å². The van der Waals surface area contributed by atoms with Crippen LogP contribution in [0.3, 0.4) is 0 Å². The highest BCUT2D eigenvalue weighted by atomic mass is 35.5. The molecule has 0 saturated heterocycles. The summed E-state index contributed by atoms with van der Waals surface area (Å²) in [6.07, 6.45) is 7.91. The van der Waals surface area contributed by atoms with E-state index in [1.165, 1.54) is 38.5 Å². The van der Waals surface area contributed by atoms with Gasteiger partial charge in [-0.1, -0.05) is 43.0 Å². The zero-order valence-electron chi connectivity index (χ0n) is 10.9. The molecule has 0 aliphatic heterocycles. The highest BCUT2D eigenvalue weighted by Gasteiger charge is 2.20. The summed E-state index contributed by atoms with van der Waals surface area (Å²) in [5.41, 5.74) is 1.05. The average molecular weight is 286 g/mol. The van der Waals surface area contributed by atoms with E-state index in [4.69, 9.17) is 23.2 Å². The Morgan fingerprint density at radius 3 is 2.22 bits per heavy atom. The summed E-state index contributed by atoms with van der Waals surface area (Å²) in [5.74, 6) is 0.941. The van der Waals surface area contributed by atoms with Gasteiger partial charge in [-0.3, -0.25) is 0 Å². The largest absolute Gasteiger partial charge is 0.382 e. The molecule has 1 aromatic rings. The minimum Gasteiger partial charge on any atom is -0.382 e. The second-order valence-electron chi connectivity index (χ2n) is 5.31. The van der Waals surface area contributed by atoms with Crippen LogP contribution in [-0.2, 0) is 0 Å². The molecule has 0 heterocycles. The summed E-state index contributed by atoms with van der Waals surface area (Å²) in [4.78, 5) is 0. The van der Waals surface area contributed by atoms with Crippen LogP contribution in [-0.4, -0.2) is 6.04 Å². The van der Waals surface area contributed by atoms with Gasteiger partial charge in [-0.25, -0.2) is 0 Å². The first-order valence-electron chi connectivity index (χ1n) is 6.90. The van der Waals surface area contributed by atoms with Crippen molar-refractivity contribution in [2.24, 2.45) is 5.92 Å². The molecule has 1 aromatic carbocycles. The number of hydrogen-bond acceptors (Lipinski definition) is 1. The lowest BCUT2D eigenvalue weighted by Crippen LogP contribution is -2.26. The average Bonchev–Trinajstić information content (AvgIpc) is 2.31. The van der Waals surface area contributed by atoms with Crippen LogP contribution < -0.4 is 5.32 Å². The van der Waals surface area contributed by atoms with E-state index in [2.05, 4.69) is 12.2 Å². The molecule has 1 aliphatic carbocycles. The molecule has 0 bridgehead atoms. The topological polar surface area (TPSA) is 12.0 Å². The summed E-state index contributed by atoms with van der Waals surface area (Å²) in [6.45, 7) is 2.28.